The molecule has 0 aliphatic heterocycles. The first-order chi connectivity index (χ1) is 12.3. The molecule has 0 fully saturated rings. The van der Waals surface area contributed by atoms with Crippen LogP contribution in [0, 0.1) is 5.41 Å². The smallest absolute Gasteiger partial charge is 0.323 e. The lowest BCUT2D eigenvalue weighted by Gasteiger charge is -2.18. The molecule has 26 heavy (non-hydrogen) atoms. The van der Waals surface area contributed by atoms with Crippen LogP contribution < -0.4 is 11.0 Å². The fourth-order valence-corrected chi connectivity index (χ4v) is 2.66. The molecule has 0 unspecified atom stereocenters. The van der Waals surface area contributed by atoms with Gasteiger partial charge in [0, 0.05) is 11.6 Å². The van der Waals surface area contributed by atoms with Crippen molar-refractivity contribution < 1.29 is 4.79 Å². The van der Waals surface area contributed by atoms with Crippen LogP contribution in [0.25, 0.3) is 33.5 Å². The summed E-state index contributed by atoms with van der Waals surface area (Å²) >= 11 is 0. The van der Waals surface area contributed by atoms with Crippen molar-refractivity contribution in [3.8, 4) is 11.4 Å². The Labute approximate surface area is 148 Å². The third kappa shape index (κ3) is 2.75. The molecule has 1 aromatic carbocycles. The van der Waals surface area contributed by atoms with Gasteiger partial charge in [0.2, 0.25) is 5.91 Å². The molecule has 4 rings (SSSR count). The zero-order chi connectivity index (χ0) is 18.5. The zero-order valence-corrected chi connectivity index (χ0v) is 14.6. The Kier molecular flexibility index (Phi) is 3.43. The molecule has 3 heterocycles. The number of nitrogens with zero attached hydrogens (tertiary/aromatic N) is 2. The predicted octanol–water partition coefficient (Wildman–Crippen LogP) is 2.78. The Morgan fingerprint density at radius 1 is 1.08 bits per heavy atom. The number of amides is 1. The quantitative estimate of drug-likeness (QED) is 0.444. The Hall–Kier alpha value is -3.42. The number of hydrogen-bond acceptors (Lipinski definition) is 4. The van der Waals surface area contributed by atoms with E-state index in [2.05, 4.69) is 30.2 Å². The number of benzene rings is 1. The maximum Gasteiger partial charge on any atom is 0.323 e. The van der Waals surface area contributed by atoms with Gasteiger partial charge in [-0.3, -0.25) is 4.79 Å². The number of anilines is 1. The van der Waals surface area contributed by atoms with Crippen LogP contribution in [0.1, 0.15) is 20.8 Å². The first-order valence-electron chi connectivity index (χ1n) is 8.20. The van der Waals surface area contributed by atoms with Gasteiger partial charge in [0.05, 0.1) is 27.6 Å². The minimum Gasteiger partial charge on any atom is -0.338 e. The molecule has 4 aromatic rings. The van der Waals surface area contributed by atoms with Crippen molar-refractivity contribution in [2.24, 2.45) is 5.41 Å². The Bertz CT molecular complexity index is 1140. The normalized spacial score (nSPS) is 12.0. The molecule has 0 aliphatic carbocycles. The highest BCUT2D eigenvalue weighted by molar-refractivity contribution is 5.97. The lowest BCUT2D eigenvalue weighted by atomic mass is 9.95. The zero-order valence-electron chi connectivity index (χ0n) is 14.6. The highest BCUT2D eigenvalue weighted by Gasteiger charge is 2.23. The highest BCUT2D eigenvalue weighted by Crippen LogP contribution is 2.28. The van der Waals surface area contributed by atoms with E-state index in [-0.39, 0.29) is 11.6 Å². The summed E-state index contributed by atoms with van der Waals surface area (Å²) in [6.45, 7) is 5.53. The number of imidazole rings is 2. The van der Waals surface area contributed by atoms with Crippen molar-refractivity contribution in [1.29, 1.82) is 0 Å². The van der Waals surface area contributed by atoms with E-state index in [1.54, 1.807) is 18.3 Å². The van der Waals surface area contributed by atoms with Gasteiger partial charge in [0.25, 0.3) is 0 Å². The van der Waals surface area contributed by atoms with Gasteiger partial charge in [0.1, 0.15) is 11.6 Å². The number of carbonyl (C=O) groups excluding carboxylic acids is 1. The van der Waals surface area contributed by atoms with Crippen molar-refractivity contribution in [3.05, 3.63) is 40.9 Å². The number of rotatable bonds is 2. The van der Waals surface area contributed by atoms with Crippen LogP contribution in [-0.4, -0.2) is 30.8 Å². The van der Waals surface area contributed by atoms with Gasteiger partial charge < -0.3 is 20.3 Å². The Morgan fingerprint density at radius 3 is 2.54 bits per heavy atom. The van der Waals surface area contributed by atoms with Crippen LogP contribution in [0.5, 0.6) is 0 Å². The van der Waals surface area contributed by atoms with Crippen LogP contribution in [-0.2, 0) is 4.79 Å². The van der Waals surface area contributed by atoms with E-state index in [0.717, 1.165) is 5.52 Å². The third-order valence-electron chi connectivity index (χ3n) is 4.09. The van der Waals surface area contributed by atoms with E-state index >= 15 is 0 Å². The average molecular weight is 350 g/mol. The van der Waals surface area contributed by atoms with Crippen LogP contribution in [0.4, 0.5) is 5.82 Å². The monoisotopic (exact) mass is 350 g/mol. The number of fused-ring (bicyclic) bond motifs is 2. The number of carbonyl (C=O) groups is 1. The second kappa shape index (κ2) is 5.55. The molecule has 0 aliphatic rings. The first kappa shape index (κ1) is 16.1. The molecule has 3 aromatic heterocycles. The molecule has 1 amide bonds. The number of aromatic amines is 3. The van der Waals surface area contributed by atoms with Crippen LogP contribution in [0.3, 0.4) is 0 Å². The lowest BCUT2D eigenvalue weighted by molar-refractivity contribution is -0.123. The summed E-state index contributed by atoms with van der Waals surface area (Å²) in [5.74, 6) is 0.914. The van der Waals surface area contributed by atoms with Gasteiger partial charge in [-0.1, -0.05) is 20.8 Å². The number of nitrogens with one attached hydrogen (secondary N) is 4. The minimum atomic E-state index is -0.534. The van der Waals surface area contributed by atoms with Crippen molar-refractivity contribution in [2.75, 3.05) is 5.32 Å². The topological polar surface area (TPSA) is 119 Å². The van der Waals surface area contributed by atoms with Crippen molar-refractivity contribution in [1.82, 2.24) is 24.9 Å². The molecule has 0 radical (unpaired) electrons. The molecular formula is C18H18N6O2. The van der Waals surface area contributed by atoms with E-state index in [4.69, 9.17) is 0 Å². The summed E-state index contributed by atoms with van der Waals surface area (Å²) in [6, 6.07) is 7.25. The van der Waals surface area contributed by atoms with E-state index in [1.165, 1.54) is 0 Å². The summed E-state index contributed by atoms with van der Waals surface area (Å²) in [7, 11) is 0. The molecule has 0 saturated heterocycles. The maximum absolute atomic E-state index is 12.3. The standard InChI is InChI=1S/C18H18N6O2/c1-18(2,3)16(25)24-14-9(5-4-6-19-14)15-20-10-7-12-13(8-11(10)21-15)23-17(26)22-12/h4-8H,1-3H3,(H,20,21)(H,19,24,25)(H2,22,23,26). The lowest BCUT2D eigenvalue weighted by Crippen LogP contribution is -2.28. The molecular weight excluding hydrogens is 332 g/mol. The van der Waals surface area contributed by atoms with Crippen LogP contribution in [0.2, 0.25) is 0 Å². The SMILES string of the molecule is CC(C)(C)C(=O)Nc1ncccc1-c1nc2cc3[nH]c(=O)[nH]c3cc2[nH]1. The van der Waals surface area contributed by atoms with E-state index in [1.807, 2.05) is 32.9 Å². The summed E-state index contributed by atoms with van der Waals surface area (Å²) in [6.07, 6.45) is 1.62. The molecule has 0 saturated carbocycles. The summed E-state index contributed by atoms with van der Waals surface area (Å²) in [5.41, 5.74) is 2.77. The molecule has 8 heteroatoms. The van der Waals surface area contributed by atoms with Gasteiger partial charge in [0.15, 0.2) is 0 Å². The second-order valence-electron chi connectivity index (χ2n) is 7.18. The molecule has 0 atom stereocenters. The number of hydrogen-bond donors (Lipinski definition) is 4. The molecule has 132 valence electrons. The molecule has 4 N–H and O–H groups in total. The Balaban J connectivity index is 1.80. The van der Waals surface area contributed by atoms with Crippen LogP contribution in [0.15, 0.2) is 35.3 Å². The average Bonchev–Trinajstić information content (AvgIpc) is 3.13. The second-order valence-corrected chi connectivity index (χ2v) is 7.18. The number of aromatic nitrogens is 5. The van der Waals surface area contributed by atoms with Crippen molar-refractivity contribution in [3.63, 3.8) is 0 Å². The molecule has 8 nitrogen and oxygen atoms in total. The summed E-state index contributed by atoms with van der Waals surface area (Å²) < 4.78 is 0. The van der Waals surface area contributed by atoms with E-state index < -0.39 is 5.41 Å². The minimum absolute atomic E-state index is 0.126. The first-order valence-corrected chi connectivity index (χ1v) is 8.20. The van der Waals surface area contributed by atoms with Gasteiger partial charge in [-0.05, 0) is 24.3 Å². The number of pyridine rings is 1. The van der Waals surface area contributed by atoms with E-state index in [0.29, 0.717) is 33.8 Å². The fraction of sp³-hybridized carbons (Fsp3) is 0.222. The van der Waals surface area contributed by atoms with E-state index in [9.17, 15) is 9.59 Å². The third-order valence-corrected chi connectivity index (χ3v) is 4.09. The van der Waals surface area contributed by atoms with Crippen molar-refractivity contribution in [2.45, 2.75) is 20.8 Å². The Morgan fingerprint density at radius 2 is 1.81 bits per heavy atom. The fourth-order valence-electron chi connectivity index (χ4n) is 2.66. The van der Waals surface area contributed by atoms with Crippen molar-refractivity contribution >= 4 is 33.8 Å². The molecule has 0 bridgehead atoms. The summed E-state index contributed by atoms with van der Waals surface area (Å²) in [5, 5.41) is 2.86. The predicted molar refractivity (Wildman–Crippen MR) is 99.9 cm³/mol. The summed E-state index contributed by atoms with van der Waals surface area (Å²) in [4.78, 5) is 41.3. The van der Waals surface area contributed by atoms with Gasteiger partial charge in [-0.15, -0.1) is 0 Å². The van der Waals surface area contributed by atoms with Gasteiger partial charge >= 0.3 is 5.69 Å². The largest absolute Gasteiger partial charge is 0.338 e. The number of H-pyrrole nitrogens is 3. The molecule has 0 spiro atoms. The highest BCUT2D eigenvalue weighted by atomic mass is 16.2. The van der Waals surface area contributed by atoms with Gasteiger partial charge in [-0.25, -0.2) is 14.8 Å². The van der Waals surface area contributed by atoms with Crippen LogP contribution >= 0.6 is 0 Å². The van der Waals surface area contributed by atoms with Gasteiger partial charge in [-0.2, -0.15) is 0 Å². The maximum atomic E-state index is 12.3.